The number of carbonyl (C=O) groups is 2. The molecule has 39 heavy (non-hydrogen) atoms. The summed E-state index contributed by atoms with van der Waals surface area (Å²) in [7, 11) is 1.40. The van der Waals surface area contributed by atoms with Crippen LogP contribution >= 0.6 is 15.9 Å². The number of piperidine rings is 1. The number of carbonyl (C=O) groups excluding carboxylic acids is 2. The van der Waals surface area contributed by atoms with E-state index < -0.39 is 5.82 Å². The number of benzene rings is 3. The number of nitrogens with zero attached hydrogens (tertiary/aromatic N) is 2. The Morgan fingerprint density at radius 1 is 1.00 bits per heavy atom. The second-order valence-corrected chi connectivity index (χ2v) is 10.6. The molecular weight excluding hydrogens is 565 g/mol. The minimum absolute atomic E-state index is 0.0736. The fourth-order valence-corrected chi connectivity index (χ4v) is 5.51. The summed E-state index contributed by atoms with van der Waals surface area (Å²) < 4.78 is 24.6. The summed E-state index contributed by atoms with van der Waals surface area (Å²) in [5.74, 6) is -0.304. The molecule has 3 aromatic rings. The zero-order valence-corrected chi connectivity index (χ0v) is 23.4. The Labute approximate surface area is 236 Å². The summed E-state index contributed by atoms with van der Waals surface area (Å²) in [5.41, 5.74) is 3.84. The Bertz CT molecular complexity index is 1340. The van der Waals surface area contributed by atoms with Crippen LogP contribution in [0.2, 0.25) is 0 Å². The molecule has 0 spiro atoms. The molecular formula is C30H31BrFN3O4. The summed E-state index contributed by atoms with van der Waals surface area (Å²) in [6.45, 7) is 4.49. The van der Waals surface area contributed by atoms with Crippen molar-refractivity contribution in [2.75, 3.05) is 56.7 Å². The normalized spacial score (nSPS) is 16.2. The van der Waals surface area contributed by atoms with E-state index in [4.69, 9.17) is 9.47 Å². The number of nitrogens with one attached hydrogen (secondary N) is 1. The largest absolute Gasteiger partial charge is 0.496 e. The molecule has 2 fully saturated rings. The molecule has 0 aliphatic carbocycles. The average molecular weight is 596 g/mol. The number of methoxy groups -OCH3 is 1. The van der Waals surface area contributed by atoms with E-state index in [-0.39, 0.29) is 27.6 Å². The van der Waals surface area contributed by atoms with E-state index in [2.05, 4.69) is 32.2 Å². The van der Waals surface area contributed by atoms with Crippen LogP contribution < -0.4 is 15.0 Å². The van der Waals surface area contributed by atoms with E-state index >= 15 is 0 Å². The van der Waals surface area contributed by atoms with Crippen molar-refractivity contribution in [1.29, 1.82) is 0 Å². The van der Waals surface area contributed by atoms with Gasteiger partial charge >= 0.3 is 0 Å². The van der Waals surface area contributed by atoms with Crippen molar-refractivity contribution in [3.8, 4) is 5.75 Å². The fraction of sp³-hybridized carbons (Fsp3) is 0.333. The Kier molecular flexibility index (Phi) is 8.47. The van der Waals surface area contributed by atoms with Crippen molar-refractivity contribution in [1.82, 2.24) is 4.90 Å². The lowest BCUT2D eigenvalue weighted by molar-refractivity contribution is 0.0713. The minimum atomic E-state index is -0.498. The molecule has 5 rings (SSSR count). The number of likely N-dealkylation sites (tertiary alicyclic amines) is 1. The van der Waals surface area contributed by atoms with E-state index in [1.165, 1.54) is 24.8 Å². The van der Waals surface area contributed by atoms with Crippen LogP contribution in [0.4, 0.5) is 15.8 Å². The standard InChI is InChI=1S/C30H31BrFN3O4/c1-38-28-19-27(32)26(31)18-25(28)29(36)33-23-7-5-20(6-8-23)21-9-11-35(12-10-21)30(37)22-3-2-4-24(17-22)34-13-15-39-16-14-34/h2-8,17-19,21H,9-16H2,1H3,(H,33,36). The number of hydrogen-bond acceptors (Lipinski definition) is 5. The van der Waals surface area contributed by atoms with Crippen molar-refractivity contribution >= 4 is 39.1 Å². The van der Waals surface area contributed by atoms with E-state index in [9.17, 15) is 14.0 Å². The number of halogens is 2. The molecule has 9 heteroatoms. The lowest BCUT2D eigenvalue weighted by Crippen LogP contribution is -2.38. The van der Waals surface area contributed by atoms with Crippen LogP contribution in [0.1, 0.15) is 45.0 Å². The van der Waals surface area contributed by atoms with Gasteiger partial charge in [-0.2, -0.15) is 0 Å². The molecule has 2 amide bonds. The molecule has 2 saturated heterocycles. The summed E-state index contributed by atoms with van der Waals surface area (Å²) in [6.07, 6.45) is 1.75. The number of anilines is 2. The maximum atomic E-state index is 13.8. The number of amides is 2. The first-order valence-corrected chi connectivity index (χ1v) is 13.9. The monoisotopic (exact) mass is 595 g/mol. The van der Waals surface area contributed by atoms with Crippen molar-refractivity contribution in [2.24, 2.45) is 0 Å². The highest BCUT2D eigenvalue weighted by Gasteiger charge is 2.25. The predicted octanol–water partition coefficient (Wildman–Crippen LogP) is 5.71. The Balaban J connectivity index is 1.17. The molecule has 2 aliphatic rings. The van der Waals surface area contributed by atoms with Gasteiger partial charge in [-0.15, -0.1) is 0 Å². The third-order valence-electron chi connectivity index (χ3n) is 7.38. The highest BCUT2D eigenvalue weighted by Crippen LogP contribution is 2.31. The van der Waals surface area contributed by atoms with Crippen LogP contribution in [-0.2, 0) is 4.74 Å². The number of ether oxygens (including phenoxy) is 2. The zero-order chi connectivity index (χ0) is 27.4. The molecule has 7 nitrogen and oxygen atoms in total. The summed E-state index contributed by atoms with van der Waals surface area (Å²) >= 11 is 3.12. The van der Waals surface area contributed by atoms with Gasteiger partial charge in [-0.25, -0.2) is 4.39 Å². The molecule has 0 atom stereocenters. The molecule has 1 N–H and O–H groups in total. The Hall–Kier alpha value is -3.43. The van der Waals surface area contributed by atoms with Crippen molar-refractivity contribution < 1.29 is 23.5 Å². The second-order valence-electron chi connectivity index (χ2n) is 9.76. The first kappa shape index (κ1) is 27.1. The van der Waals surface area contributed by atoms with E-state index in [1.807, 2.05) is 47.4 Å². The summed E-state index contributed by atoms with van der Waals surface area (Å²) in [6, 6.07) is 18.2. The first-order valence-electron chi connectivity index (χ1n) is 13.1. The van der Waals surface area contributed by atoms with Crippen molar-refractivity contribution in [3.05, 3.63) is 87.6 Å². The van der Waals surface area contributed by atoms with Crippen molar-refractivity contribution in [2.45, 2.75) is 18.8 Å². The lowest BCUT2D eigenvalue weighted by Gasteiger charge is -2.33. The second kappa shape index (κ2) is 12.2. The quantitative estimate of drug-likeness (QED) is 0.395. The minimum Gasteiger partial charge on any atom is -0.496 e. The van der Waals surface area contributed by atoms with Gasteiger partial charge in [-0.05, 0) is 76.7 Å². The molecule has 2 heterocycles. The van der Waals surface area contributed by atoms with E-state index in [0.717, 1.165) is 37.2 Å². The highest BCUT2D eigenvalue weighted by atomic mass is 79.9. The van der Waals surface area contributed by atoms with Crippen molar-refractivity contribution in [3.63, 3.8) is 0 Å². The molecule has 3 aromatic carbocycles. The van der Waals surface area contributed by atoms with Crippen LogP contribution in [0.25, 0.3) is 0 Å². The number of rotatable bonds is 6. The first-order chi connectivity index (χ1) is 18.9. The maximum absolute atomic E-state index is 13.8. The van der Waals surface area contributed by atoms with Crippen LogP contribution in [-0.4, -0.2) is 63.2 Å². The van der Waals surface area contributed by atoms with E-state index in [0.29, 0.717) is 37.9 Å². The Morgan fingerprint density at radius 2 is 1.72 bits per heavy atom. The molecule has 0 radical (unpaired) electrons. The third kappa shape index (κ3) is 6.25. The van der Waals surface area contributed by atoms with Gasteiger partial charge in [-0.1, -0.05) is 18.2 Å². The molecule has 0 bridgehead atoms. The van der Waals surface area contributed by atoms with Crippen LogP contribution in [0.5, 0.6) is 5.75 Å². The molecule has 204 valence electrons. The SMILES string of the molecule is COc1cc(F)c(Br)cc1C(=O)Nc1ccc(C2CCN(C(=O)c3cccc(N4CCOCC4)c3)CC2)cc1. The van der Waals surface area contributed by atoms with Crippen LogP contribution in [0.3, 0.4) is 0 Å². The van der Waals surface area contributed by atoms with Gasteiger partial charge in [0.05, 0.1) is 30.4 Å². The van der Waals surface area contributed by atoms with Gasteiger partial charge < -0.3 is 24.6 Å². The topological polar surface area (TPSA) is 71.1 Å². The maximum Gasteiger partial charge on any atom is 0.259 e. The van der Waals surface area contributed by atoms with Gasteiger partial charge in [0.15, 0.2) is 0 Å². The van der Waals surface area contributed by atoms with Crippen LogP contribution in [0.15, 0.2) is 65.1 Å². The van der Waals surface area contributed by atoms with Gasteiger partial charge in [0.25, 0.3) is 11.8 Å². The highest BCUT2D eigenvalue weighted by molar-refractivity contribution is 9.10. The summed E-state index contributed by atoms with van der Waals surface area (Å²) in [5, 5.41) is 2.85. The molecule has 0 unspecified atom stereocenters. The summed E-state index contributed by atoms with van der Waals surface area (Å²) in [4.78, 5) is 30.2. The fourth-order valence-electron chi connectivity index (χ4n) is 5.17. The molecule has 0 aromatic heterocycles. The van der Waals surface area contributed by atoms with Gasteiger partial charge in [0.1, 0.15) is 11.6 Å². The third-order valence-corrected chi connectivity index (χ3v) is 7.99. The molecule has 2 aliphatic heterocycles. The average Bonchev–Trinajstić information content (AvgIpc) is 2.99. The number of hydrogen-bond donors (Lipinski definition) is 1. The van der Waals surface area contributed by atoms with Gasteiger partial charge in [0, 0.05) is 49.2 Å². The van der Waals surface area contributed by atoms with Gasteiger partial charge in [0.2, 0.25) is 0 Å². The van der Waals surface area contributed by atoms with Crippen LogP contribution in [0, 0.1) is 5.82 Å². The van der Waals surface area contributed by atoms with Gasteiger partial charge in [-0.3, -0.25) is 9.59 Å². The Morgan fingerprint density at radius 3 is 2.41 bits per heavy atom. The smallest absolute Gasteiger partial charge is 0.259 e. The predicted molar refractivity (Wildman–Crippen MR) is 152 cm³/mol. The molecule has 0 saturated carbocycles. The van der Waals surface area contributed by atoms with E-state index in [1.54, 1.807) is 0 Å². The number of morpholine rings is 1. The lowest BCUT2D eigenvalue weighted by atomic mass is 9.89. The zero-order valence-electron chi connectivity index (χ0n) is 21.8.